The topological polar surface area (TPSA) is 52.6 Å². The molecule has 0 radical (unpaired) electrons. The summed E-state index contributed by atoms with van der Waals surface area (Å²) in [6, 6.07) is 15.6. The van der Waals surface area contributed by atoms with Crippen LogP contribution in [0.1, 0.15) is 28.8 Å². The summed E-state index contributed by atoms with van der Waals surface area (Å²) in [5.74, 6) is -0.0117. The van der Waals surface area contributed by atoms with Gasteiger partial charge in [-0.15, -0.1) is 0 Å². The maximum absolute atomic E-state index is 12.3. The van der Waals surface area contributed by atoms with Crippen molar-refractivity contribution < 1.29 is 19.1 Å². The van der Waals surface area contributed by atoms with E-state index in [0.29, 0.717) is 29.9 Å². The third-order valence-electron chi connectivity index (χ3n) is 3.56. The van der Waals surface area contributed by atoms with E-state index in [-0.39, 0.29) is 11.8 Å². The molecule has 4 nitrogen and oxygen atoms in total. The molecule has 0 saturated carbocycles. The molecule has 1 aliphatic rings. The number of benzene rings is 2. The summed E-state index contributed by atoms with van der Waals surface area (Å²) in [6.45, 7) is 0.601. The van der Waals surface area contributed by atoms with Gasteiger partial charge in [0, 0.05) is 17.7 Å². The lowest BCUT2D eigenvalue weighted by molar-refractivity contribution is -0.144. The first kappa shape index (κ1) is 14.5. The van der Waals surface area contributed by atoms with Gasteiger partial charge in [0.2, 0.25) is 0 Å². The summed E-state index contributed by atoms with van der Waals surface area (Å²) in [4.78, 5) is 24.1. The van der Waals surface area contributed by atoms with Crippen LogP contribution in [0.5, 0.6) is 5.75 Å². The van der Waals surface area contributed by atoms with Gasteiger partial charge in [-0.2, -0.15) is 0 Å². The van der Waals surface area contributed by atoms with E-state index >= 15 is 0 Å². The minimum absolute atomic E-state index is 0.0578. The van der Waals surface area contributed by atoms with Crippen LogP contribution in [0, 0.1) is 0 Å². The predicted octanol–water partition coefficient (Wildman–Crippen LogP) is 3.00. The Kier molecular flexibility index (Phi) is 4.30. The first-order valence-electron chi connectivity index (χ1n) is 7.27. The molecular formula is C18H16O4. The fraction of sp³-hybridized carbons (Fsp3) is 0.222. The normalized spacial score (nSPS) is 17.2. The van der Waals surface area contributed by atoms with Gasteiger partial charge in [-0.3, -0.25) is 4.79 Å². The molecule has 2 aromatic carbocycles. The van der Waals surface area contributed by atoms with Gasteiger partial charge in [-0.1, -0.05) is 30.3 Å². The summed E-state index contributed by atoms with van der Waals surface area (Å²) in [6.07, 6.45) is 1.11. The standard InChI is InChI=1S/C18H16O4/c19-17(13-5-2-1-3-6-13)14-8-10-15(11-9-14)22-18(20)16-7-4-12-21-16/h1-3,5-6,8-11,16H,4,7,12H2/t16-/m1/s1. The third-order valence-corrected chi connectivity index (χ3v) is 3.56. The Bertz CT molecular complexity index is 655. The number of hydrogen-bond donors (Lipinski definition) is 0. The van der Waals surface area contributed by atoms with E-state index in [2.05, 4.69) is 0 Å². The summed E-state index contributed by atoms with van der Waals surface area (Å²) in [7, 11) is 0. The maximum Gasteiger partial charge on any atom is 0.340 e. The van der Waals surface area contributed by atoms with Crippen molar-refractivity contribution >= 4 is 11.8 Å². The van der Waals surface area contributed by atoms with Gasteiger partial charge < -0.3 is 9.47 Å². The molecule has 0 unspecified atom stereocenters. The van der Waals surface area contributed by atoms with Crippen molar-refractivity contribution in [3.8, 4) is 5.75 Å². The van der Waals surface area contributed by atoms with Gasteiger partial charge in [0.1, 0.15) is 5.75 Å². The molecule has 3 rings (SSSR count). The monoisotopic (exact) mass is 296 g/mol. The second-order valence-corrected chi connectivity index (χ2v) is 5.14. The SMILES string of the molecule is O=C(c1ccccc1)c1ccc(OC(=O)[C@H]2CCCO2)cc1. The molecule has 0 aliphatic carbocycles. The van der Waals surface area contributed by atoms with Crippen molar-refractivity contribution in [1.82, 2.24) is 0 Å². The average molecular weight is 296 g/mol. The summed E-state index contributed by atoms with van der Waals surface area (Å²) >= 11 is 0. The minimum atomic E-state index is -0.467. The van der Waals surface area contributed by atoms with Crippen LogP contribution in [-0.2, 0) is 9.53 Å². The number of carbonyl (C=O) groups is 2. The Morgan fingerprint density at radius 3 is 2.27 bits per heavy atom. The van der Waals surface area contributed by atoms with Gasteiger partial charge >= 0.3 is 5.97 Å². The number of carbonyl (C=O) groups excluding carboxylic acids is 2. The Balaban J connectivity index is 1.67. The van der Waals surface area contributed by atoms with E-state index in [4.69, 9.17) is 9.47 Å². The first-order chi connectivity index (χ1) is 10.7. The highest BCUT2D eigenvalue weighted by atomic mass is 16.6. The number of hydrogen-bond acceptors (Lipinski definition) is 4. The highest BCUT2D eigenvalue weighted by Crippen LogP contribution is 2.19. The molecule has 112 valence electrons. The fourth-order valence-corrected chi connectivity index (χ4v) is 2.38. The zero-order chi connectivity index (χ0) is 15.4. The van der Waals surface area contributed by atoms with Gasteiger partial charge in [-0.05, 0) is 37.1 Å². The van der Waals surface area contributed by atoms with Crippen LogP contribution in [0.2, 0.25) is 0 Å². The number of ether oxygens (including phenoxy) is 2. The van der Waals surface area contributed by atoms with Crippen LogP contribution >= 0.6 is 0 Å². The number of rotatable bonds is 4. The Morgan fingerprint density at radius 2 is 1.64 bits per heavy atom. The van der Waals surface area contributed by atoms with E-state index in [1.165, 1.54) is 0 Å². The number of ketones is 1. The van der Waals surface area contributed by atoms with Crippen molar-refractivity contribution in [3.05, 3.63) is 65.7 Å². The van der Waals surface area contributed by atoms with Crippen LogP contribution in [0.15, 0.2) is 54.6 Å². The Morgan fingerprint density at radius 1 is 0.955 bits per heavy atom. The van der Waals surface area contributed by atoms with Crippen molar-refractivity contribution in [2.75, 3.05) is 6.61 Å². The summed E-state index contributed by atoms with van der Waals surface area (Å²) < 4.78 is 10.5. The van der Waals surface area contributed by atoms with Crippen molar-refractivity contribution in [2.45, 2.75) is 18.9 Å². The summed E-state index contributed by atoms with van der Waals surface area (Å²) in [5, 5.41) is 0. The maximum atomic E-state index is 12.3. The van der Waals surface area contributed by atoms with E-state index < -0.39 is 6.10 Å². The van der Waals surface area contributed by atoms with E-state index in [1.54, 1.807) is 36.4 Å². The van der Waals surface area contributed by atoms with Crippen LogP contribution in [-0.4, -0.2) is 24.5 Å². The molecule has 4 heteroatoms. The Labute approximate surface area is 128 Å². The van der Waals surface area contributed by atoms with Crippen LogP contribution in [0.3, 0.4) is 0 Å². The van der Waals surface area contributed by atoms with E-state index in [1.807, 2.05) is 18.2 Å². The molecule has 1 saturated heterocycles. The molecule has 0 aromatic heterocycles. The van der Waals surface area contributed by atoms with Crippen molar-refractivity contribution in [1.29, 1.82) is 0 Å². The molecule has 1 heterocycles. The molecule has 1 fully saturated rings. The number of esters is 1. The highest BCUT2D eigenvalue weighted by Gasteiger charge is 2.25. The largest absolute Gasteiger partial charge is 0.425 e. The third kappa shape index (κ3) is 3.23. The smallest absolute Gasteiger partial charge is 0.340 e. The average Bonchev–Trinajstić information content (AvgIpc) is 3.10. The second-order valence-electron chi connectivity index (χ2n) is 5.14. The quantitative estimate of drug-likeness (QED) is 0.494. The van der Waals surface area contributed by atoms with Crippen LogP contribution in [0.25, 0.3) is 0 Å². The fourth-order valence-electron chi connectivity index (χ4n) is 2.38. The van der Waals surface area contributed by atoms with Gasteiger partial charge in [0.25, 0.3) is 0 Å². The summed E-state index contributed by atoms with van der Waals surface area (Å²) in [5.41, 5.74) is 1.19. The lowest BCUT2D eigenvalue weighted by Crippen LogP contribution is -2.24. The van der Waals surface area contributed by atoms with Crippen molar-refractivity contribution in [2.24, 2.45) is 0 Å². The zero-order valence-electron chi connectivity index (χ0n) is 12.0. The first-order valence-corrected chi connectivity index (χ1v) is 7.27. The molecular weight excluding hydrogens is 280 g/mol. The second kappa shape index (κ2) is 6.54. The molecule has 0 bridgehead atoms. The molecule has 0 amide bonds. The highest BCUT2D eigenvalue weighted by molar-refractivity contribution is 6.09. The zero-order valence-corrected chi connectivity index (χ0v) is 12.0. The van der Waals surface area contributed by atoms with E-state index in [0.717, 1.165) is 6.42 Å². The predicted molar refractivity (Wildman–Crippen MR) is 80.9 cm³/mol. The Hall–Kier alpha value is -2.46. The molecule has 2 aromatic rings. The minimum Gasteiger partial charge on any atom is -0.425 e. The van der Waals surface area contributed by atoms with Crippen LogP contribution < -0.4 is 4.74 Å². The molecule has 1 atom stereocenters. The lowest BCUT2D eigenvalue weighted by atomic mass is 10.0. The molecule has 0 N–H and O–H groups in total. The van der Waals surface area contributed by atoms with E-state index in [9.17, 15) is 9.59 Å². The molecule has 1 aliphatic heterocycles. The molecule has 0 spiro atoms. The van der Waals surface area contributed by atoms with Crippen LogP contribution in [0.4, 0.5) is 0 Å². The van der Waals surface area contributed by atoms with Gasteiger partial charge in [-0.25, -0.2) is 4.79 Å². The van der Waals surface area contributed by atoms with Gasteiger partial charge in [0.15, 0.2) is 11.9 Å². The van der Waals surface area contributed by atoms with Crippen molar-refractivity contribution in [3.63, 3.8) is 0 Å². The van der Waals surface area contributed by atoms with Gasteiger partial charge in [0.05, 0.1) is 0 Å². The molecule has 22 heavy (non-hydrogen) atoms. The lowest BCUT2D eigenvalue weighted by Gasteiger charge is -2.09.